The van der Waals surface area contributed by atoms with E-state index in [1.807, 2.05) is 29.5 Å². The number of aliphatic hydroxyl groups is 1. The molecule has 2 aliphatic rings. The Hall–Kier alpha value is -2.71. The standard InChI is InChI=1S/C27H28N2O4S/c30-26(29-11-13-32-14-12-29)24-17-20-15-21(5-6-23(20)33-24)27(31)7-9-28(10-8-27)18-22-16-19-3-1-2-4-25(19)34-22/h1-6,15-17,31H,7-14,18H2. The second-order valence-corrected chi connectivity index (χ2v) is 10.5. The number of hydrogen-bond donors (Lipinski definition) is 1. The predicted octanol–water partition coefficient (Wildman–Crippen LogP) is 4.60. The molecule has 7 heteroatoms. The van der Waals surface area contributed by atoms with Gasteiger partial charge in [-0.15, -0.1) is 11.3 Å². The summed E-state index contributed by atoms with van der Waals surface area (Å²) in [7, 11) is 0. The highest BCUT2D eigenvalue weighted by molar-refractivity contribution is 7.19. The van der Waals surface area contributed by atoms with Gasteiger partial charge in [-0.3, -0.25) is 9.69 Å². The zero-order valence-electron chi connectivity index (χ0n) is 19.0. The van der Waals surface area contributed by atoms with Crippen molar-refractivity contribution in [3.05, 3.63) is 70.8 Å². The Labute approximate surface area is 202 Å². The SMILES string of the molecule is O=C(c1cc2cc(C3(O)CCN(Cc4cc5ccccc5s4)CC3)ccc2o1)N1CCOCC1. The van der Waals surface area contributed by atoms with Crippen LogP contribution in [-0.4, -0.2) is 60.2 Å². The predicted molar refractivity (Wildman–Crippen MR) is 133 cm³/mol. The number of carbonyl (C=O) groups is 1. The van der Waals surface area contributed by atoms with Gasteiger partial charge < -0.3 is 19.2 Å². The molecule has 0 bridgehead atoms. The lowest BCUT2D eigenvalue weighted by molar-refractivity contribution is -0.0274. The highest BCUT2D eigenvalue weighted by atomic mass is 32.1. The van der Waals surface area contributed by atoms with Crippen LogP contribution in [0.2, 0.25) is 0 Å². The average Bonchev–Trinajstić information content (AvgIpc) is 3.49. The Morgan fingerprint density at radius 3 is 2.56 bits per heavy atom. The molecule has 2 saturated heterocycles. The van der Waals surface area contributed by atoms with Gasteiger partial charge in [0.25, 0.3) is 5.91 Å². The molecule has 0 aliphatic carbocycles. The Bertz CT molecular complexity index is 1300. The lowest BCUT2D eigenvalue weighted by atomic mass is 9.84. The summed E-state index contributed by atoms with van der Waals surface area (Å²) in [6.07, 6.45) is 1.36. The first kappa shape index (κ1) is 21.8. The van der Waals surface area contributed by atoms with E-state index in [9.17, 15) is 9.90 Å². The molecule has 0 saturated carbocycles. The van der Waals surface area contributed by atoms with Crippen LogP contribution in [0.1, 0.15) is 33.8 Å². The van der Waals surface area contributed by atoms with Crippen LogP contribution in [0.3, 0.4) is 0 Å². The van der Waals surface area contributed by atoms with Gasteiger partial charge in [-0.1, -0.05) is 24.3 Å². The van der Waals surface area contributed by atoms with Gasteiger partial charge >= 0.3 is 0 Å². The van der Waals surface area contributed by atoms with Crippen molar-refractivity contribution in [2.24, 2.45) is 0 Å². The smallest absolute Gasteiger partial charge is 0.289 e. The summed E-state index contributed by atoms with van der Waals surface area (Å²) >= 11 is 1.85. The summed E-state index contributed by atoms with van der Waals surface area (Å²) in [5.41, 5.74) is 0.704. The molecule has 34 heavy (non-hydrogen) atoms. The largest absolute Gasteiger partial charge is 0.451 e. The van der Waals surface area contributed by atoms with Crippen LogP contribution in [0.15, 0.2) is 59.0 Å². The first-order chi connectivity index (χ1) is 16.6. The number of fused-ring (bicyclic) bond motifs is 2. The van der Waals surface area contributed by atoms with Crippen molar-refractivity contribution in [3.8, 4) is 0 Å². The second kappa shape index (κ2) is 8.82. The van der Waals surface area contributed by atoms with Crippen molar-refractivity contribution in [1.29, 1.82) is 0 Å². The third-order valence-corrected chi connectivity index (χ3v) is 8.20. The number of likely N-dealkylation sites (tertiary alicyclic amines) is 1. The van der Waals surface area contributed by atoms with Crippen LogP contribution in [0.4, 0.5) is 0 Å². The maximum Gasteiger partial charge on any atom is 0.289 e. The fraction of sp³-hybridized carbons (Fsp3) is 0.370. The monoisotopic (exact) mass is 476 g/mol. The van der Waals surface area contributed by atoms with E-state index < -0.39 is 5.60 Å². The lowest BCUT2D eigenvalue weighted by Crippen LogP contribution is -2.42. The van der Waals surface area contributed by atoms with Crippen molar-refractivity contribution in [1.82, 2.24) is 9.80 Å². The maximum atomic E-state index is 12.8. The van der Waals surface area contributed by atoms with Gasteiger partial charge in [-0.2, -0.15) is 0 Å². The van der Waals surface area contributed by atoms with Crippen LogP contribution < -0.4 is 0 Å². The Morgan fingerprint density at radius 2 is 1.76 bits per heavy atom. The van der Waals surface area contributed by atoms with E-state index in [0.717, 1.165) is 30.6 Å². The van der Waals surface area contributed by atoms with Crippen molar-refractivity contribution in [2.45, 2.75) is 25.0 Å². The molecule has 4 aromatic rings. The van der Waals surface area contributed by atoms with E-state index in [1.54, 1.807) is 11.0 Å². The van der Waals surface area contributed by atoms with Crippen molar-refractivity contribution < 1.29 is 19.1 Å². The number of nitrogens with zero attached hydrogens (tertiary/aromatic N) is 2. The van der Waals surface area contributed by atoms with Crippen LogP contribution in [-0.2, 0) is 16.9 Å². The summed E-state index contributed by atoms with van der Waals surface area (Å²) in [5.74, 6) is 0.244. The molecule has 0 unspecified atom stereocenters. The molecule has 2 aliphatic heterocycles. The van der Waals surface area contributed by atoms with Crippen LogP contribution in [0, 0.1) is 0 Å². The van der Waals surface area contributed by atoms with Gasteiger partial charge in [0.2, 0.25) is 0 Å². The minimum absolute atomic E-state index is 0.102. The quantitative estimate of drug-likeness (QED) is 0.466. The molecular formula is C27H28N2O4S. The van der Waals surface area contributed by atoms with Gasteiger partial charge in [0, 0.05) is 47.7 Å². The van der Waals surface area contributed by atoms with E-state index in [4.69, 9.17) is 9.15 Å². The van der Waals surface area contributed by atoms with E-state index in [2.05, 4.69) is 35.2 Å². The summed E-state index contributed by atoms with van der Waals surface area (Å²) < 4.78 is 12.5. The molecule has 2 aromatic heterocycles. The molecule has 2 aromatic carbocycles. The van der Waals surface area contributed by atoms with Gasteiger partial charge in [0.1, 0.15) is 5.58 Å². The molecule has 1 amide bonds. The summed E-state index contributed by atoms with van der Waals surface area (Å²) in [6, 6.07) is 18.4. The fourth-order valence-electron chi connectivity index (χ4n) is 5.07. The molecular weight excluding hydrogens is 448 g/mol. The van der Waals surface area contributed by atoms with E-state index in [1.165, 1.54) is 15.0 Å². The molecule has 0 radical (unpaired) electrons. The molecule has 0 atom stereocenters. The topological polar surface area (TPSA) is 66.2 Å². The van der Waals surface area contributed by atoms with E-state index >= 15 is 0 Å². The number of ether oxygens (including phenoxy) is 1. The average molecular weight is 477 g/mol. The number of hydrogen-bond acceptors (Lipinski definition) is 6. The Kier molecular flexibility index (Phi) is 5.65. The molecule has 0 spiro atoms. The summed E-state index contributed by atoms with van der Waals surface area (Å²) in [4.78, 5) is 18.3. The first-order valence-corrected chi connectivity index (χ1v) is 12.7. The Balaban J connectivity index is 1.15. The van der Waals surface area contributed by atoms with Crippen LogP contribution in [0.25, 0.3) is 21.1 Å². The molecule has 2 fully saturated rings. The third kappa shape index (κ3) is 4.14. The minimum atomic E-state index is -0.865. The maximum absolute atomic E-state index is 12.8. The Morgan fingerprint density at radius 1 is 0.971 bits per heavy atom. The zero-order valence-corrected chi connectivity index (χ0v) is 19.9. The fourth-order valence-corrected chi connectivity index (χ4v) is 6.17. The van der Waals surface area contributed by atoms with E-state index in [0.29, 0.717) is 50.5 Å². The number of amides is 1. The number of furan rings is 1. The third-order valence-electron chi connectivity index (χ3n) is 7.10. The highest BCUT2D eigenvalue weighted by Gasteiger charge is 2.34. The number of carbonyl (C=O) groups excluding carboxylic acids is 1. The first-order valence-electron chi connectivity index (χ1n) is 11.9. The number of thiophene rings is 1. The second-order valence-electron chi connectivity index (χ2n) is 9.33. The number of morpholine rings is 1. The molecule has 4 heterocycles. The van der Waals surface area contributed by atoms with Gasteiger partial charge in [0.15, 0.2) is 5.76 Å². The van der Waals surface area contributed by atoms with Crippen molar-refractivity contribution in [2.75, 3.05) is 39.4 Å². The van der Waals surface area contributed by atoms with E-state index in [-0.39, 0.29) is 5.91 Å². The molecule has 176 valence electrons. The number of benzene rings is 2. The van der Waals surface area contributed by atoms with Crippen LogP contribution >= 0.6 is 11.3 Å². The summed E-state index contributed by atoms with van der Waals surface area (Å²) in [6.45, 7) is 4.89. The summed E-state index contributed by atoms with van der Waals surface area (Å²) in [5, 5.41) is 13.6. The zero-order chi connectivity index (χ0) is 23.1. The van der Waals surface area contributed by atoms with Gasteiger partial charge in [0.05, 0.1) is 18.8 Å². The van der Waals surface area contributed by atoms with Crippen molar-refractivity contribution in [3.63, 3.8) is 0 Å². The molecule has 6 rings (SSSR count). The van der Waals surface area contributed by atoms with Crippen LogP contribution in [0.5, 0.6) is 0 Å². The van der Waals surface area contributed by atoms with Crippen molar-refractivity contribution >= 4 is 38.3 Å². The molecule has 6 nitrogen and oxygen atoms in total. The normalized spacial score (nSPS) is 19.1. The number of rotatable bonds is 4. The van der Waals surface area contributed by atoms with Gasteiger partial charge in [-0.05, 0) is 54.1 Å². The highest BCUT2D eigenvalue weighted by Crippen LogP contribution is 2.36. The van der Waals surface area contributed by atoms with Gasteiger partial charge in [-0.25, -0.2) is 0 Å². The number of piperidine rings is 1. The molecule has 1 N–H and O–H groups in total. The lowest BCUT2D eigenvalue weighted by Gasteiger charge is -2.38. The minimum Gasteiger partial charge on any atom is -0.451 e.